The number of rotatable bonds is 12. The summed E-state index contributed by atoms with van der Waals surface area (Å²) in [4.78, 5) is 46.5. The number of ether oxygens (including phenoxy) is 2. The Balaban J connectivity index is 4.30. The summed E-state index contributed by atoms with van der Waals surface area (Å²) in [6.07, 6.45) is 4.75. The van der Waals surface area contributed by atoms with Gasteiger partial charge in [0.2, 0.25) is 0 Å². The van der Waals surface area contributed by atoms with Crippen molar-refractivity contribution in [3.05, 3.63) is 12.2 Å². The largest absolute Gasteiger partial charge is 0.469 e. The van der Waals surface area contributed by atoms with E-state index in [2.05, 4.69) is 9.47 Å². The second-order valence-electron chi connectivity index (χ2n) is 8.00. The monoisotopic (exact) mass is 368 g/mol. The molecule has 0 saturated heterocycles. The van der Waals surface area contributed by atoms with Crippen molar-refractivity contribution in [3.8, 4) is 0 Å². The maximum absolute atomic E-state index is 12.0. The lowest BCUT2D eigenvalue weighted by Crippen LogP contribution is -2.19. The minimum absolute atomic E-state index is 0.00138. The molecule has 0 spiro atoms. The molecule has 0 rings (SSSR count). The summed E-state index contributed by atoms with van der Waals surface area (Å²) in [5.41, 5.74) is -0.796. The summed E-state index contributed by atoms with van der Waals surface area (Å²) >= 11 is 0. The quantitative estimate of drug-likeness (QED) is 0.387. The molecule has 0 aromatic heterocycles. The molecule has 0 amide bonds. The van der Waals surface area contributed by atoms with E-state index < -0.39 is 5.41 Å². The zero-order valence-corrected chi connectivity index (χ0v) is 16.8. The van der Waals surface area contributed by atoms with Crippen molar-refractivity contribution in [2.75, 3.05) is 14.2 Å². The van der Waals surface area contributed by atoms with Crippen molar-refractivity contribution in [1.82, 2.24) is 0 Å². The first-order valence-corrected chi connectivity index (χ1v) is 8.78. The number of ketones is 2. The molecule has 0 unspecified atom stereocenters. The average Bonchev–Trinajstić information content (AvgIpc) is 2.55. The highest BCUT2D eigenvalue weighted by atomic mass is 16.5. The van der Waals surface area contributed by atoms with Crippen LogP contribution in [0.3, 0.4) is 0 Å². The normalized spacial score (nSPS) is 12.1. The number of allylic oxidation sites excluding steroid dienone is 2. The van der Waals surface area contributed by atoms with Gasteiger partial charge in [-0.3, -0.25) is 19.2 Å². The molecule has 0 aliphatic carbocycles. The van der Waals surface area contributed by atoms with Crippen molar-refractivity contribution in [2.24, 2.45) is 10.8 Å². The molecule has 148 valence electrons. The number of carbonyl (C=O) groups is 4. The lowest BCUT2D eigenvalue weighted by atomic mass is 9.83. The zero-order valence-electron chi connectivity index (χ0n) is 16.8. The first kappa shape index (κ1) is 24.0. The first-order chi connectivity index (χ1) is 11.9. The summed E-state index contributed by atoms with van der Waals surface area (Å²) < 4.78 is 9.28. The van der Waals surface area contributed by atoms with E-state index in [4.69, 9.17) is 0 Å². The Bertz CT molecular complexity index is 543. The van der Waals surface area contributed by atoms with E-state index in [1.165, 1.54) is 20.3 Å². The molecule has 0 aliphatic rings. The van der Waals surface area contributed by atoms with Gasteiger partial charge in [0.25, 0.3) is 0 Å². The predicted octanol–water partition coefficient (Wildman–Crippen LogP) is 3.42. The summed E-state index contributed by atoms with van der Waals surface area (Å²) in [7, 11) is 2.67. The van der Waals surface area contributed by atoms with Crippen LogP contribution in [0.5, 0.6) is 0 Å². The Kier molecular flexibility index (Phi) is 10.1. The number of methoxy groups -OCH3 is 2. The standard InChI is InChI=1S/C20H32O6/c1-19(2,13-17(23)25-5)11-9-15(21)7-8-16(22)10-12-20(3,4)14-18(24)26-6/h9,11H,7-8,10,12-14H2,1-6H3. The van der Waals surface area contributed by atoms with Gasteiger partial charge in [0.1, 0.15) is 5.78 Å². The number of hydrogen-bond acceptors (Lipinski definition) is 6. The second kappa shape index (κ2) is 10.9. The fraction of sp³-hybridized carbons (Fsp3) is 0.700. The van der Waals surface area contributed by atoms with Crippen LogP contribution in [-0.4, -0.2) is 37.7 Å². The topological polar surface area (TPSA) is 86.7 Å². The molecule has 0 radical (unpaired) electrons. The van der Waals surface area contributed by atoms with Gasteiger partial charge in [-0.05, 0) is 23.3 Å². The molecular formula is C20H32O6. The highest BCUT2D eigenvalue weighted by Crippen LogP contribution is 2.27. The molecular weight excluding hydrogens is 336 g/mol. The van der Waals surface area contributed by atoms with Crippen molar-refractivity contribution in [1.29, 1.82) is 0 Å². The zero-order chi connectivity index (χ0) is 20.4. The van der Waals surface area contributed by atoms with E-state index in [0.29, 0.717) is 12.8 Å². The molecule has 0 aromatic carbocycles. The van der Waals surface area contributed by atoms with Crippen molar-refractivity contribution in [3.63, 3.8) is 0 Å². The molecule has 0 aliphatic heterocycles. The highest BCUT2D eigenvalue weighted by Gasteiger charge is 2.23. The number of esters is 2. The van der Waals surface area contributed by atoms with Gasteiger partial charge in [-0.1, -0.05) is 33.8 Å². The fourth-order valence-electron chi connectivity index (χ4n) is 2.32. The van der Waals surface area contributed by atoms with Gasteiger partial charge >= 0.3 is 11.9 Å². The van der Waals surface area contributed by atoms with Crippen LogP contribution in [0, 0.1) is 10.8 Å². The Morgan fingerprint density at radius 3 is 1.88 bits per heavy atom. The maximum atomic E-state index is 12.0. The molecule has 6 heteroatoms. The van der Waals surface area contributed by atoms with Crippen LogP contribution < -0.4 is 0 Å². The van der Waals surface area contributed by atoms with Crippen LogP contribution >= 0.6 is 0 Å². The van der Waals surface area contributed by atoms with Crippen molar-refractivity contribution >= 4 is 23.5 Å². The summed E-state index contributed by atoms with van der Waals surface area (Å²) in [5.74, 6) is -0.780. The Morgan fingerprint density at radius 1 is 0.808 bits per heavy atom. The van der Waals surface area contributed by atoms with E-state index in [9.17, 15) is 19.2 Å². The summed E-state index contributed by atoms with van der Waals surface area (Å²) in [6, 6.07) is 0. The number of hydrogen-bond donors (Lipinski definition) is 0. The van der Waals surface area contributed by atoms with Crippen LogP contribution in [0.15, 0.2) is 12.2 Å². The predicted molar refractivity (Wildman–Crippen MR) is 98.5 cm³/mol. The van der Waals surface area contributed by atoms with E-state index in [1.807, 2.05) is 27.7 Å². The van der Waals surface area contributed by atoms with E-state index >= 15 is 0 Å². The molecule has 0 fully saturated rings. The molecule has 0 N–H and O–H groups in total. The van der Waals surface area contributed by atoms with E-state index in [0.717, 1.165) is 0 Å². The average molecular weight is 368 g/mol. The van der Waals surface area contributed by atoms with Gasteiger partial charge in [0.05, 0.1) is 27.1 Å². The van der Waals surface area contributed by atoms with Gasteiger partial charge in [0.15, 0.2) is 5.78 Å². The van der Waals surface area contributed by atoms with Gasteiger partial charge in [-0.25, -0.2) is 0 Å². The van der Waals surface area contributed by atoms with Crippen molar-refractivity contribution in [2.45, 2.75) is 66.2 Å². The summed E-state index contributed by atoms with van der Waals surface area (Å²) in [5, 5.41) is 0. The van der Waals surface area contributed by atoms with Crippen molar-refractivity contribution < 1.29 is 28.7 Å². The van der Waals surface area contributed by atoms with Crippen LogP contribution in [0.2, 0.25) is 0 Å². The lowest BCUT2D eigenvalue weighted by molar-refractivity contribution is -0.143. The second-order valence-corrected chi connectivity index (χ2v) is 8.00. The van der Waals surface area contributed by atoms with Crippen LogP contribution in [0.1, 0.15) is 66.2 Å². The van der Waals surface area contributed by atoms with E-state index in [-0.39, 0.29) is 54.6 Å². The first-order valence-electron chi connectivity index (χ1n) is 8.78. The smallest absolute Gasteiger partial charge is 0.306 e. The minimum Gasteiger partial charge on any atom is -0.469 e. The summed E-state index contributed by atoms with van der Waals surface area (Å²) in [6.45, 7) is 7.49. The SMILES string of the molecule is COC(=O)CC(C)(C)C=CC(=O)CCC(=O)CCC(C)(C)CC(=O)OC. The molecule has 0 atom stereocenters. The lowest BCUT2D eigenvalue weighted by Gasteiger charge is -2.22. The van der Waals surface area contributed by atoms with Crippen LogP contribution in [-0.2, 0) is 28.7 Å². The number of carbonyl (C=O) groups excluding carboxylic acids is 4. The fourth-order valence-corrected chi connectivity index (χ4v) is 2.32. The third-order valence-electron chi connectivity index (χ3n) is 4.13. The number of Topliss-reactive ketones (excluding diaryl/α,β-unsaturated/α-hetero) is 1. The molecule has 6 nitrogen and oxygen atoms in total. The van der Waals surface area contributed by atoms with E-state index in [1.54, 1.807) is 6.08 Å². The molecule has 0 heterocycles. The maximum Gasteiger partial charge on any atom is 0.306 e. The van der Waals surface area contributed by atoms with Gasteiger partial charge in [-0.15, -0.1) is 0 Å². The van der Waals surface area contributed by atoms with Crippen LogP contribution in [0.25, 0.3) is 0 Å². The Morgan fingerprint density at radius 2 is 1.35 bits per heavy atom. The van der Waals surface area contributed by atoms with Gasteiger partial charge in [-0.2, -0.15) is 0 Å². The third-order valence-corrected chi connectivity index (χ3v) is 4.13. The third kappa shape index (κ3) is 11.6. The molecule has 0 bridgehead atoms. The van der Waals surface area contributed by atoms with Crippen LogP contribution in [0.4, 0.5) is 0 Å². The molecule has 0 saturated carbocycles. The highest BCUT2D eigenvalue weighted by molar-refractivity contribution is 5.93. The molecule has 26 heavy (non-hydrogen) atoms. The van der Waals surface area contributed by atoms with Gasteiger partial charge < -0.3 is 9.47 Å². The molecule has 0 aromatic rings. The Hall–Kier alpha value is -1.98. The Labute approximate surface area is 156 Å². The minimum atomic E-state index is -0.481. The van der Waals surface area contributed by atoms with Gasteiger partial charge in [0, 0.05) is 19.3 Å².